The van der Waals surface area contributed by atoms with Gasteiger partial charge in [0.1, 0.15) is 32.0 Å². The maximum atomic E-state index is 13.7. The van der Waals surface area contributed by atoms with Gasteiger partial charge in [-0.1, -0.05) is 45.4 Å². The second-order valence-electron chi connectivity index (χ2n) is 17.7. The van der Waals surface area contributed by atoms with Crippen molar-refractivity contribution in [2.75, 3.05) is 72.2 Å². The fourth-order valence-electron chi connectivity index (χ4n) is 7.38. The van der Waals surface area contributed by atoms with Crippen molar-refractivity contribution in [3.8, 4) is 0 Å². The van der Waals surface area contributed by atoms with Crippen molar-refractivity contribution < 1.29 is 48.3 Å². The lowest BCUT2D eigenvalue weighted by atomic mass is 10.1. The Bertz CT molecular complexity index is 1720. The van der Waals surface area contributed by atoms with Crippen LogP contribution in [-0.2, 0) is 27.3 Å². The highest BCUT2D eigenvalue weighted by Crippen LogP contribution is 2.41. The molecule has 3 aliphatic rings. The van der Waals surface area contributed by atoms with Crippen LogP contribution in [0.2, 0.25) is 0 Å². The van der Waals surface area contributed by atoms with Crippen molar-refractivity contribution in [1.82, 2.24) is 34.9 Å². The number of nitrogens with zero attached hydrogens (tertiary/aromatic N) is 5. The first-order valence-corrected chi connectivity index (χ1v) is 23.4. The molecule has 1 saturated carbocycles. The van der Waals surface area contributed by atoms with Gasteiger partial charge in [0, 0.05) is 77.5 Å². The van der Waals surface area contributed by atoms with Gasteiger partial charge in [0.2, 0.25) is 0 Å². The molecule has 2 saturated heterocycles. The van der Waals surface area contributed by atoms with E-state index in [1.54, 1.807) is 0 Å². The highest BCUT2D eigenvalue weighted by Gasteiger charge is 2.34. The number of unbranched alkanes of at least 4 members (excludes halogenated alkanes) is 9. The lowest BCUT2D eigenvalue weighted by molar-refractivity contribution is 0.0593. The van der Waals surface area contributed by atoms with E-state index < -0.39 is 48.0 Å². The van der Waals surface area contributed by atoms with Crippen LogP contribution in [0.3, 0.4) is 0 Å². The number of aliphatic hydroxyl groups excluding tert-OH is 3. The van der Waals surface area contributed by atoms with Gasteiger partial charge < -0.3 is 49.9 Å². The molecule has 9 atom stereocenters. The number of β-amino-alcohol motifs (C(OH)–C–C–N with tert-alkyl or cyclic N) is 2. The molecule has 20 nitrogen and oxygen atoms in total. The lowest BCUT2D eigenvalue weighted by Crippen LogP contribution is -2.47. The summed E-state index contributed by atoms with van der Waals surface area (Å²) in [7, 11) is 0. The third-order valence-corrected chi connectivity index (χ3v) is 11.8. The summed E-state index contributed by atoms with van der Waals surface area (Å²) in [5.41, 5.74) is -0.508. The minimum atomic E-state index is -0.771. The van der Waals surface area contributed by atoms with Crippen molar-refractivity contribution in [3.05, 3.63) is 26.7 Å². The zero-order valence-corrected chi connectivity index (χ0v) is 37.9. The average molecular weight is 897 g/mol. The predicted octanol–water partition coefficient (Wildman–Crippen LogP) is 1.90. The van der Waals surface area contributed by atoms with E-state index in [0.717, 1.165) is 62.6 Å². The number of nitrogens with one attached hydrogen (secondary N) is 3. The molecule has 6 N–H and O–H groups in total. The fraction of sp³-hybridized carbons (Fsp3) is 0.860. The molecule has 0 spiro atoms. The van der Waals surface area contributed by atoms with Crippen LogP contribution in [-0.4, -0.2) is 155 Å². The molecule has 3 fully saturated rings. The molecule has 3 heterocycles. The second kappa shape index (κ2) is 28.0. The van der Waals surface area contributed by atoms with Crippen molar-refractivity contribution in [2.24, 2.45) is 16.8 Å². The fourth-order valence-corrected chi connectivity index (χ4v) is 7.38. The van der Waals surface area contributed by atoms with Crippen molar-refractivity contribution in [2.45, 2.75) is 154 Å². The summed E-state index contributed by atoms with van der Waals surface area (Å²) in [4.78, 5) is 71.3. The van der Waals surface area contributed by atoms with Crippen LogP contribution in [0.1, 0.15) is 111 Å². The monoisotopic (exact) mass is 897 g/mol. The van der Waals surface area contributed by atoms with Gasteiger partial charge in [-0.2, -0.15) is 0 Å². The molecule has 0 bridgehead atoms. The zero-order valence-electron chi connectivity index (χ0n) is 37.9. The van der Waals surface area contributed by atoms with E-state index in [2.05, 4.69) is 51.5 Å². The van der Waals surface area contributed by atoms with Crippen molar-refractivity contribution >= 4 is 18.3 Å². The first-order chi connectivity index (χ1) is 30.3. The van der Waals surface area contributed by atoms with Gasteiger partial charge in [-0.05, 0) is 77.0 Å². The van der Waals surface area contributed by atoms with Gasteiger partial charge in [-0.15, -0.1) is 0 Å². The number of carbonyl (C=O) groups is 3. The van der Waals surface area contributed by atoms with Gasteiger partial charge >= 0.3 is 35.4 Å². The van der Waals surface area contributed by atoms with E-state index in [9.17, 15) is 39.3 Å². The number of hydrogen-bond acceptors (Lipinski definition) is 15. The molecule has 9 unspecified atom stereocenters. The third-order valence-electron chi connectivity index (χ3n) is 11.8. The van der Waals surface area contributed by atoms with E-state index in [1.165, 1.54) is 4.57 Å². The van der Waals surface area contributed by atoms with Gasteiger partial charge in [-0.25, -0.2) is 38.1 Å². The Kier molecular flexibility index (Phi) is 23.0. The number of hydrogen-bond donors (Lipinski definition) is 6. The van der Waals surface area contributed by atoms with E-state index in [4.69, 9.17) is 18.6 Å². The number of aliphatic hydroxyl groups is 3. The highest BCUT2D eigenvalue weighted by molar-refractivity contribution is 5.67. The maximum Gasteiger partial charge on any atom is 0.425 e. The molecule has 2 aliphatic heterocycles. The maximum absolute atomic E-state index is 13.7. The third kappa shape index (κ3) is 21.5. The van der Waals surface area contributed by atoms with Gasteiger partial charge in [0.05, 0.1) is 6.10 Å². The quantitative estimate of drug-likeness (QED) is 0.0335. The Morgan fingerprint density at radius 2 is 1.06 bits per heavy atom. The Morgan fingerprint density at radius 1 is 0.651 bits per heavy atom. The summed E-state index contributed by atoms with van der Waals surface area (Å²) in [5, 5.41) is 38.2. The topological polar surface area (TPSA) is 251 Å². The van der Waals surface area contributed by atoms with E-state index in [1.807, 2.05) is 0 Å². The molecular formula is C43H76N8O12. The predicted molar refractivity (Wildman–Crippen MR) is 233 cm³/mol. The molecule has 1 aliphatic carbocycles. The normalized spacial score (nSPS) is 22.7. The summed E-state index contributed by atoms with van der Waals surface area (Å²) in [5.74, 6) is 0.366. The van der Waals surface area contributed by atoms with Gasteiger partial charge in [-0.3, -0.25) is 9.80 Å². The minimum Gasteiger partial charge on any atom is -0.447 e. The number of aromatic nitrogens is 2. The van der Waals surface area contributed by atoms with E-state index >= 15 is 0 Å². The van der Waals surface area contributed by atoms with Crippen LogP contribution < -0.4 is 33.1 Å². The van der Waals surface area contributed by atoms with Gasteiger partial charge in [0.25, 0.3) is 0 Å². The Labute approximate surface area is 370 Å². The molecule has 4 rings (SSSR count). The molecule has 3 amide bonds. The first-order valence-electron chi connectivity index (χ1n) is 23.4. The van der Waals surface area contributed by atoms with Crippen molar-refractivity contribution in [3.63, 3.8) is 0 Å². The summed E-state index contributed by atoms with van der Waals surface area (Å²) in [6.45, 7) is 11.1. The molecule has 63 heavy (non-hydrogen) atoms. The molecule has 360 valence electrons. The van der Waals surface area contributed by atoms with Crippen molar-refractivity contribution in [1.29, 1.82) is 0 Å². The largest absolute Gasteiger partial charge is 0.447 e. The standard InChI is InChI=1S/C43H76N8O12/c1-31-22-34(31)23-35(52)28-60-39(55)45-18-12-6-8-14-20-50-38(44-16-10-4-5-11-17-46-40(56)61-29-36(53)26-48-24-32(48)2)63-43(59)51(42(50)58)21-15-9-7-13-19-47-41(57)62-30-37(54)27-49-25-33(49)3/h31-37,52-54H,4-30H2,1-3H3,(H,45,55)(H,46,56)(H,47,57)/b44-38+. The number of rotatable bonds is 33. The SMILES string of the molecule is CC1CC1CC(O)COC(=O)NCCCCCCn1c(=O)n(CCCCCCNC(=O)OCC(O)CN2CC2C)c(=O)o/c1=N/CCCCCCNC(=O)OCC(O)CN1CC1C. The number of amides is 3. The summed E-state index contributed by atoms with van der Waals surface area (Å²) in [6, 6.07) is 0.927. The zero-order chi connectivity index (χ0) is 45.6. The van der Waals surface area contributed by atoms with Crippen LogP contribution in [0.15, 0.2) is 19.0 Å². The van der Waals surface area contributed by atoms with Crippen LogP contribution >= 0.6 is 0 Å². The molecule has 0 radical (unpaired) electrons. The van der Waals surface area contributed by atoms with Crippen LogP contribution in [0.5, 0.6) is 0 Å². The Morgan fingerprint density at radius 3 is 1.51 bits per heavy atom. The molecular weight excluding hydrogens is 821 g/mol. The number of carbonyl (C=O) groups excluding carboxylic acids is 3. The summed E-state index contributed by atoms with van der Waals surface area (Å²) in [6.07, 6.45) is 6.52. The first kappa shape index (κ1) is 51.7. The smallest absolute Gasteiger partial charge is 0.425 e. The average Bonchev–Trinajstić information content (AvgIpc) is 4.21. The van der Waals surface area contributed by atoms with E-state index in [0.29, 0.717) is 115 Å². The molecule has 20 heteroatoms. The minimum absolute atomic E-state index is 0.0198. The molecule has 0 aromatic carbocycles. The number of ether oxygens (including phenoxy) is 3. The number of alkyl carbamates (subject to hydrolysis) is 3. The van der Waals surface area contributed by atoms with Crippen LogP contribution in [0, 0.1) is 11.8 Å². The van der Waals surface area contributed by atoms with E-state index in [-0.39, 0.29) is 32.0 Å². The van der Waals surface area contributed by atoms with Crippen LogP contribution in [0.4, 0.5) is 14.4 Å². The van der Waals surface area contributed by atoms with Gasteiger partial charge in [0.15, 0.2) is 0 Å². The molecule has 1 aromatic heterocycles. The summed E-state index contributed by atoms with van der Waals surface area (Å²) < 4.78 is 23.5. The summed E-state index contributed by atoms with van der Waals surface area (Å²) >= 11 is 0. The Hall–Kier alpha value is -3.98. The lowest BCUT2D eigenvalue weighted by Gasteiger charge is -2.12. The second-order valence-corrected chi connectivity index (χ2v) is 17.7. The Balaban J connectivity index is 1.15. The van der Waals surface area contributed by atoms with Crippen LogP contribution in [0.25, 0.3) is 0 Å². The highest BCUT2D eigenvalue weighted by atomic mass is 16.6. The molecule has 1 aromatic rings.